The van der Waals surface area contributed by atoms with Gasteiger partial charge >= 0.3 is 0 Å². The fourth-order valence-electron chi connectivity index (χ4n) is 5.25. The van der Waals surface area contributed by atoms with Gasteiger partial charge in [-0.05, 0) is 44.9 Å². The van der Waals surface area contributed by atoms with E-state index in [1.807, 2.05) is 0 Å². The number of allylic oxidation sites excluding steroid dienone is 4. The summed E-state index contributed by atoms with van der Waals surface area (Å²) in [6.45, 7) is 24.0. The van der Waals surface area contributed by atoms with E-state index in [4.69, 9.17) is 0 Å². The van der Waals surface area contributed by atoms with E-state index in [0.29, 0.717) is 0 Å². The van der Waals surface area contributed by atoms with Crippen LogP contribution in [0.15, 0.2) is 34.9 Å². The molecular weight excluding hydrogens is 356 g/mol. The molecule has 1 unspecified atom stereocenters. The van der Waals surface area contributed by atoms with Crippen LogP contribution in [0.5, 0.6) is 0 Å². The van der Waals surface area contributed by atoms with Gasteiger partial charge in [0.2, 0.25) is 0 Å². The standard InChI is InChI=1S/C25H41Si2/c1-11-13-27(14-12-2,25(7)18-20(4)21(5)22(25)6)24-16-19(3)15-23(17-24)26(8,9)10/h15-17H,11-14H2,1-10H3. The van der Waals surface area contributed by atoms with Crippen LogP contribution >= 0.6 is 0 Å². The summed E-state index contributed by atoms with van der Waals surface area (Å²) >= 11 is 0. The van der Waals surface area contributed by atoms with Crippen LogP contribution in [0.3, 0.4) is 0 Å². The Morgan fingerprint density at radius 3 is 1.78 bits per heavy atom. The molecule has 2 rings (SSSR count). The van der Waals surface area contributed by atoms with Gasteiger partial charge in [-0.2, -0.15) is 0 Å². The third-order valence-electron chi connectivity index (χ3n) is 7.12. The second-order valence-electron chi connectivity index (χ2n) is 10.0. The Balaban J connectivity index is 2.83. The van der Waals surface area contributed by atoms with Crippen molar-refractivity contribution in [2.75, 3.05) is 0 Å². The fraction of sp³-hybridized carbons (Fsp3) is 0.600. The lowest BCUT2D eigenvalue weighted by Gasteiger charge is -2.46. The highest BCUT2D eigenvalue weighted by Gasteiger charge is 2.52. The summed E-state index contributed by atoms with van der Waals surface area (Å²) in [5, 5.41) is 3.44. The average Bonchev–Trinajstić information content (AvgIpc) is 2.77. The van der Waals surface area contributed by atoms with Gasteiger partial charge in [-0.15, -0.1) is 0 Å². The van der Waals surface area contributed by atoms with E-state index in [1.165, 1.54) is 41.6 Å². The van der Waals surface area contributed by atoms with Gasteiger partial charge < -0.3 is 0 Å². The number of rotatable bonds is 7. The van der Waals surface area contributed by atoms with Crippen molar-refractivity contribution >= 4 is 26.5 Å². The molecule has 0 aromatic heterocycles. The van der Waals surface area contributed by atoms with Crippen molar-refractivity contribution in [2.24, 2.45) is 0 Å². The van der Waals surface area contributed by atoms with Crippen LogP contribution < -0.4 is 10.4 Å². The maximum absolute atomic E-state index is 4.03. The second-order valence-corrected chi connectivity index (χ2v) is 19.9. The van der Waals surface area contributed by atoms with Crippen molar-refractivity contribution in [1.82, 2.24) is 0 Å². The number of aryl methyl sites for hydroxylation is 1. The minimum atomic E-state index is -1.82. The second kappa shape index (κ2) is 7.87. The first kappa shape index (κ1) is 22.4. The molecule has 1 aromatic rings. The molecule has 27 heavy (non-hydrogen) atoms. The molecule has 0 aliphatic heterocycles. The van der Waals surface area contributed by atoms with Crippen LogP contribution in [0.1, 0.15) is 59.9 Å². The van der Waals surface area contributed by atoms with Crippen molar-refractivity contribution in [3.8, 4) is 0 Å². The Morgan fingerprint density at radius 1 is 0.852 bits per heavy atom. The molecule has 0 nitrogen and oxygen atoms in total. The largest absolute Gasteiger partial charge is 0.101 e. The van der Waals surface area contributed by atoms with Crippen molar-refractivity contribution in [1.29, 1.82) is 0 Å². The molecule has 0 spiro atoms. The Bertz CT molecular complexity index is 755. The molecule has 0 fully saturated rings. The van der Waals surface area contributed by atoms with Crippen molar-refractivity contribution in [3.63, 3.8) is 0 Å². The molecule has 1 aromatic carbocycles. The minimum absolute atomic E-state index is 0.123. The highest BCUT2D eigenvalue weighted by molar-refractivity contribution is 6.96. The third-order valence-corrected chi connectivity index (χ3v) is 15.7. The molecule has 1 aliphatic carbocycles. The average molecular weight is 398 g/mol. The first-order valence-electron chi connectivity index (χ1n) is 10.9. The Morgan fingerprint density at radius 2 is 1.37 bits per heavy atom. The van der Waals surface area contributed by atoms with Gasteiger partial charge in [0.1, 0.15) is 8.07 Å². The van der Waals surface area contributed by atoms with Gasteiger partial charge in [-0.3, -0.25) is 0 Å². The monoisotopic (exact) mass is 397 g/mol. The third kappa shape index (κ3) is 3.85. The van der Waals surface area contributed by atoms with E-state index in [-0.39, 0.29) is 5.04 Å². The maximum atomic E-state index is 4.03. The lowest BCUT2D eigenvalue weighted by Crippen LogP contribution is -2.58. The van der Waals surface area contributed by atoms with E-state index in [2.05, 4.69) is 92.4 Å². The first-order chi connectivity index (χ1) is 12.4. The summed E-state index contributed by atoms with van der Waals surface area (Å²) in [4.78, 5) is 0. The zero-order chi connectivity index (χ0) is 20.6. The number of benzene rings is 1. The number of hydrogen-bond donors (Lipinski definition) is 0. The summed E-state index contributed by atoms with van der Waals surface area (Å²) in [5.74, 6) is 0. The van der Waals surface area contributed by atoms with Crippen molar-refractivity contribution in [2.45, 2.75) is 98.1 Å². The molecule has 0 saturated carbocycles. The van der Waals surface area contributed by atoms with E-state index >= 15 is 0 Å². The minimum Gasteiger partial charge on any atom is -0.0656 e. The van der Waals surface area contributed by atoms with Crippen molar-refractivity contribution < 1.29 is 0 Å². The predicted octanol–water partition coefficient (Wildman–Crippen LogP) is 6.88. The molecule has 1 radical (unpaired) electrons. The molecule has 0 saturated heterocycles. The van der Waals surface area contributed by atoms with Gasteiger partial charge in [0.15, 0.2) is 0 Å². The molecule has 1 atom stereocenters. The lowest BCUT2D eigenvalue weighted by molar-refractivity contribution is 0.790. The molecule has 149 valence electrons. The van der Waals surface area contributed by atoms with Gasteiger partial charge in [0, 0.05) is 5.04 Å². The van der Waals surface area contributed by atoms with Crippen LogP contribution in [-0.2, 0) is 0 Å². The smallest absolute Gasteiger partial charge is 0.0656 e. The molecule has 0 heterocycles. The normalized spacial score (nSPS) is 21.0. The van der Waals surface area contributed by atoms with Gasteiger partial charge in [0.25, 0.3) is 0 Å². The summed E-state index contributed by atoms with van der Waals surface area (Å²) in [6.07, 6.45) is 6.57. The van der Waals surface area contributed by atoms with Crippen LogP contribution in [-0.4, -0.2) is 16.1 Å². The molecular formula is C25H41Si2. The van der Waals surface area contributed by atoms with Gasteiger partial charge in [-0.25, -0.2) is 0 Å². The first-order valence-corrected chi connectivity index (χ1v) is 16.8. The summed E-state index contributed by atoms with van der Waals surface area (Å²) < 4.78 is 0. The molecule has 1 aliphatic rings. The van der Waals surface area contributed by atoms with E-state index < -0.39 is 16.1 Å². The molecule has 2 heteroatoms. The molecule has 0 amide bonds. The lowest BCUT2D eigenvalue weighted by atomic mass is 10.0. The zero-order valence-corrected chi connectivity index (χ0v) is 21.6. The van der Waals surface area contributed by atoms with E-state index in [9.17, 15) is 0 Å². The quantitative estimate of drug-likeness (QED) is 0.440. The zero-order valence-electron chi connectivity index (χ0n) is 19.6. The van der Waals surface area contributed by atoms with Gasteiger partial charge in [-0.1, -0.05) is 105 Å². The summed E-state index contributed by atoms with van der Waals surface area (Å²) in [7, 11) is -3.16. The molecule has 0 N–H and O–H groups in total. The van der Waals surface area contributed by atoms with Crippen molar-refractivity contribution in [3.05, 3.63) is 46.6 Å². The Kier molecular flexibility index (Phi) is 6.53. The fourth-order valence-corrected chi connectivity index (χ4v) is 13.0. The van der Waals surface area contributed by atoms with Crippen LogP contribution in [0.25, 0.3) is 0 Å². The summed E-state index contributed by atoms with van der Waals surface area (Å²) in [6, 6.07) is 10.4. The van der Waals surface area contributed by atoms with E-state index in [1.54, 1.807) is 15.9 Å². The van der Waals surface area contributed by atoms with E-state index in [0.717, 1.165) is 0 Å². The van der Waals surface area contributed by atoms with Gasteiger partial charge in [0.05, 0.1) is 8.07 Å². The van der Waals surface area contributed by atoms with Crippen LogP contribution in [0, 0.1) is 13.0 Å². The SMILES string of the molecule is CCC[Si](CCC)(c1cc(C)cc([Si](C)(C)C)c1)C1(C)[C]=C(C)C(C)=C1C. The Labute approximate surface area is 171 Å². The van der Waals surface area contributed by atoms with Crippen LogP contribution in [0.4, 0.5) is 0 Å². The molecule has 0 bridgehead atoms. The Hall–Kier alpha value is -0.866. The topological polar surface area (TPSA) is 0 Å². The predicted molar refractivity (Wildman–Crippen MR) is 129 cm³/mol. The maximum Gasteiger partial charge on any atom is 0.101 e. The highest BCUT2D eigenvalue weighted by atomic mass is 28.3. The highest BCUT2D eigenvalue weighted by Crippen LogP contribution is 2.55. The van der Waals surface area contributed by atoms with Crippen LogP contribution in [0.2, 0.25) is 36.8 Å². The summed E-state index contributed by atoms with van der Waals surface area (Å²) in [5.41, 5.74) is 5.91. The number of hydrogen-bond acceptors (Lipinski definition) is 0.